The lowest BCUT2D eigenvalue weighted by molar-refractivity contribution is 0.393. The van der Waals surface area contributed by atoms with Crippen molar-refractivity contribution in [2.75, 3.05) is 13.6 Å². The van der Waals surface area contributed by atoms with Crippen molar-refractivity contribution in [2.45, 2.75) is 24.9 Å². The minimum absolute atomic E-state index is 0. The Balaban J connectivity index is 0.00000256. The van der Waals surface area contributed by atoms with Gasteiger partial charge in [-0.05, 0) is 13.8 Å². The standard InChI is InChI=1S/C9H18N4O2S.ClH/c1-7(5-10)13(4)16(14,15)9-6-12(3)8(2)11-9;/h6-7H,5,10H2,1-4H3;1H. The van der Waals surface area contributed by atoms with Crippen molar-refractivity contribution in [3.8, 4) is 0 Å². The fourth-order valence-corrected chi connectivity index (χ4v) is 2.58. The fraction of sp³-hybridized carbons (Fsp3) is 0.667. The first-order valence-electron chi connectivity index (χ1n) is 4.98. The molecule has 1 atom stereocenters. The van der Waals surface area contributed by atoms with E-state index in [1.165, 1.54) is 17.5 Å². The third-order valence-electron chi connectivity index (χ3n) is 2.69. The number of hydrogen-bond acceptors (Lipinski definition) is 4. The van der Waals surface area contributed by atoms with Crippen LogP contribution in [-0.2, 0) is 17.1 Å². The number of rotatable bonds is 4. The molecule has 0 aliphatic carbocycles. The molecule has 1 heterocycles. The van der Waals surface area contributed by atoms with Crippen molar-refractivity contribution >= 4 is 22.4 Å². The average molecular weight is 283 g/mol. The van der Waals surface area contributed by atoms with Crippen LogP contribution in [-0.4, -0.2) is 41.9 Å². The second-order valence-electron chi connectivity index (χ2n) is 3.84. The Labute approximate surface area is 108 Å². The van der Waals surface area contributed by atoms with Gasteiger partial charge in [-0.15, -0.1) is 12.4 Å². The highest BCUT2D eigenvalue weighted by molar-refractivity contribution is 7.89. The van der Waals surface area contributed by atoms with Gasteiger partial charge in [0.05, 0.1) is 0 Å². The normalized spacial score (nSPS) is 13.5. The topological polar surface area (TPSA) is 81.2 Å². The van der Waals surface area contributed by atoms with Crippen LogP contribution >= 0.6 is 12.4 Å². The van der Waals surface area contributed by atoms with Crippen LogP contribution in [0.3, 0.4) is 0 Å². The van der Waals surface area contributed by atoms with Gasteiger partial charge < -0.3 is 10.3 Å². The van der Waals surface area contributed by atoms with Gasteiger partial charge in [0, 0.05) is 32.9 Å². The van der Waals surface area contributed by atoms with E-state index in [0.717, 1.165) is 0 Å². The van der Waals surface area contributed by atoms with Crippen molar-refractivity contribution < 1.29 is 8.42 Å². The zero-order valence-corrected chi connectivity index (χ0v) is 12.0. The third kappa shape index (κ3) is 3.19. The number of imidazole rings is 1. The quantitative estimate of drug-likeness (QED) is 0.850. The SMILES string of the molecule is Cc1nc(S(=O)(=O)N(C)C(C)CN)cn1C.Cl. The van der Waals surface area contributed by atoms with E-state index < -0.39 is 10.0 Å². The predicted octanol–water partition coefficient (Wildman–Crippen LogP) is 0.118. The van der Waals surface area contributed by atoms with Gasteiger partial charge in [0.1, 0.15) is 5.82 Å². The van der Waals surface area contributed by atoms with Crippen molar-refractivity contribution in [3.05, 3.63) is 12.0 Å². The highest BCUT2D eigenvalue weighted by Gasteiger charge is 2.27. The molecule has 0 saturated heterocycles. The molecule has 0 amide bonds. The highest BCUT2D eigenvalue weighted by Crippen LogP contribution is 2.14. The van der Waals surface area contributed by atoms with Crippen LogP contribution < -0.4 is 5.73 Å². The van der Waals surface area contributed by atoms with Crippen molar-refractivity contribution in [3.63, 3.8) is 0 Å². The zero-order chi connectivity index (χ0) is 12.5. The zero-order valence-electron chi connectivity index (χ0n) is 10.4. The van der Waals surface area contributed by atoms with Gasteiger partial charge in [-0.3, -0.25) is 0 Å². The first-order valence-corrected chi connectivity index (χ1v) is 6.42. The first kappa shape index (κ1) is 16.4. The largest absolute Gasteiger partial charge is 0.337 e. The first-order chi connectivity index (χ1) is 7.30. The number of halogens is 1. The van der Waals surface area contributed by atoms with Gasteiger partial charge in [0.25, 0.3) is 10.0 Å². The van der Waals surface area contributed by atoms with Gasteiger partial charge in [-0.25, -0.2) is 13.4 Å². The van der Waals surface area contributed by atoms with E-state index in [1.807, 2.05) is 0 Å². The van der Waals surface area contributed by atoms with Crippen LogP contribution in [0.15, 0.2) is 11.2 Å². The third-order valence-corrected chi connectivity index (χ3v) is 4.54. The molecule has 0 spiro atoms. The number of aryl methyl sites for hydroxylation is 2. The Bertz CT molecular complexity index is 452. The maximum absolute atomic E-state index is 12.1. The van der Waals surface area contributed by atoms with Crippen molar-refractivity contribution in [1.29, 1.82) is 0 Å². The van der Waals surface area contributed by atoms with Crippen LogP contribution in [0.5, 0.6) is 0 Å². The monoisotopic (exact) mass is 282 g/mol. The number of hydrogen-bond donors (Lipinski definition) is 1. The average Bonchev–Trinajstić information content (AvgIpc) is 2.57. The summed E-state index contributed by atoms with van der Waals surface area (Å²) in [6.45, 7) is 3.79. The van der Waals surface area contributed by atoms with E-state index >= 15 is 0 Å². The van der Waals surface area contributed by atoms with Gasteiger partial charge >= 0.3 is 0 Å². The summed E-state index contributed by atoms with van der Waals surface area (Å²) in [6.07, 6.45) is 1.50. The summed E-state index contributed by atoms with van der Waals surface area (Å²) < 4.78 is 27.1. The van der Waals surface area contributed by atoms with Crippen LogP contribution in [0.1, 0.15) is 12.7 Å². The lowest BCUT2D eigenvalue weighted by atomic mass is 10.4. The molecule has 0 aliphatic rings. The fourth-order valence-electron chi connectivity index (χ4n) is 1.18. The van der Waals surface area contributed by atoms with Crippen LogP contribution in [0, 0.1) is 6.92 Å². The van der Waals surface area contributed by atoms with E-state index in [2.05, 4.69) is 4.98 Å². The molecule has 1 aromatic rings. The molecule has 0 radical (unpaired) electrons. The van der Waals surface area contributed by atoms with Crippen molar-refractivity contribution in [1.82, 2.24) is 13.9 Å². The number of aromatic nitrogens is 2. The number of likely N-dealkylation sites (N-methyl/N-ethyl adjacent to an activating group) is 1. The lowest BCUT2D eigenvalue weighted by Gasteiger charge is -2.21. The minimum Gasteiger partial charge on any atom is -0.337 e. The number of sulfonamides is 1. The molecule has 8 heteroatoms. The highest BCUT2D eigenvalue weighted by atomic mass is 35.5. The van der Waals surface area contributed by atoms with E-state index in [4.69, 9.17) is 5.73 Å². The molecule has 0 fully saturated rings. The molecule has 1 aromatic heterocycles. The van der Waals surface area contributed by atoms with E-state index in [-0.39, 0.29) is 30.0 Å². The smallest absolute Gasteiger partial charge is 0.262 e. The Morgan fingerprint density at radius 3 is 2.47 bits per heavy atom. The van der Waals surface area contributed by atoms with Gasteiger partial charge in [0.15, 0.2) is 5.03 Å². The Morgan fingerprint density at radius 2 is 2.12 bits per heavy atom. The summed E-state index contributed by atoms with van der Waals surface area (Å²) in [5, 5.41) is 0.0651. The molecular weight excluding hydrogens is 264 g/mol. The van der Waals surface area contributed by atoms with Crippen LogP contribution in [0.4, 0.5) is 0 Å². The molecule has 1 rings (SSSR count). The summed E-state index contributed by atoms with van der Waals surface area (Å²) in [6, 6.07) is -0.243. The minimum atomic E-state index is -3.53. The summed E-state index contributed by atoms with van der Waals surface area (Å²) >= 11 is 0. The second kappa shape index (κ2) is 5.81. The Kier molecular flexibility index (Phi) is 5.60. The van der Waals surface area contributed by atoms with E-state index in [0.29, 0.717) is 5.82 Å². The molecule has 0 bridgehead atoms. The van der Waals surface area contributed by atoms with Crippen LogP contribution in [0.25, 0.3) is 0 Å². The van der Waals surface area contributed by atoms with E-state index in [1.54, 1.807) is 25.5 Å². The second-order valence-corrected chi connectivity index (χ2v) is 5.79. The lowest BCUT2D eigenvalue weighted by Crippen LogP contribution is -2.39. The Morgan fingerprint density at radius 1 is 1.59 bits per heavy atom. The molecule has 100 valence electrons. The summed E-state index contributed by atoms with van der Waals surface area (Å²) in [5.74, 6) is 0.660. The molecule has 2 N–H and O–H groups in total. The van der Waals surface area contributed by atoms with E-state index in [9.17, 15) is 8.42 Å². The molecule has 1 unspecified atom stereocenters. The molecule has 17 heavy (non-hydrogen) atoms. The van der Waals surface area contributed by atoms with Crippen molar-refractivity contribution in [2.24, 2.45) is 12.8 Å². The maximum Gasteiger partial charge on any atom is 0.262 e. The summed E-state index contributed by atoms with van der Waals surface area (Å²) in [5.41, 5.74) is 5.45. The molecule has 0 aliphatic heterocycles. The number of nitrogens with zero attached hydrogens (tertiary/aromatic N) is 3. The summed E-state index contributed by atoms with van der Waals surface area (Å²) in [4.78, 5) is 4.01. The summed E-state index contributed by atoms with van der Waals surface area (Å²) in [7, 11) is -0.262. The van der Waals surface area contributed by atoms with Gasteiger partial charge in [-0.2, -0.15) is 4.31 Å². The molecular formula is C9H19ClN4O2S. The predicted molar refractivity (Wildman–Crippen MR) is 68.7 cm³/mol. The van der Waals surface area contributed by atoms with Gasteiger partial charge in [-0.1, -0.05) is 0 Å². The van der Waals surface area contributed by atoms with Gasteiger partial charge in [0.2, 0.25) is 0 Å². The molecule has 6 nitrogen and oxygen atoms in total. The molecule has 0 aromatic carbocycles. The Hall–Kier alpha value is -0.630. The maximum atomic E-state index is 12.1. The number of nitrogens with two attached hydrogens (primary N) is 1. The van der Waals surface area contributed by atoms with Crippen LogP contribution in [0.2, 0.25) is 0 Å². The molecule has 0 saturated carbocycles.